The van der Waals surface area contributed by atoms with Crippen LogP contribution in [0.4, 0.5) is 17.2 Å². The quantitative estimate of drug-likeness (QED) is 0.374. The van der Waals surface area contributed by atoms with Crippen LogP contribution in [0.25, 0.3) is 11.3 Å². The largest absolute Gasteiger partial charge is 0.494 e. The molecule has 3 N–H and O–H groups in total. The van der Waals surface area contributed by atoms with Crippen molar-refractivity contribution >= 4 is 40.8 Å². The summed E-state index contributed by atoms with van der Waals surface area (Å²) < 4.78 is 5.74. The maximum absolute atomic E-state index is 12.5. The molecule has 0 unspecified atom stereocenters. The van der Waals surface area contributed by atoms with E-state index in [4.69, 9.17) is 4.74 Å². The minimum atomic E-state index is -0.306. The zero-order valence-electron chi connectivity index (χ0n) is 20.1. The van der Waals surface area contributed by atoms with Crippen LogP contribution in [0.1, 0.15) is 37.0 Å². The predicted octanol–water partition coefficient (Wildman–Crippen LogP) is 4.50. The molecule has 35 heavy (non-hydrogen) atoms. The summed E-state index contributed by atoms with van der Waals surface area (Å²) in [5, 5.41) is 18.7. The fourth-order valence-corrected chi connectivity index (χ4v) is 4.20. The molecule has 1 aliphatic carbocycles. The maximum Gasteiger partial charge on any atom is 0.254 e. The molecule has 182 valence electrons. The first-order chi connectivity index (χ1) is 16.9. The summed E-state index contributed by atoms with van der Waals surface area (Å²) in [5.74, 6) is 0.591. The minimum absolute atomic E-state index is 0.0371. The third kappa shape index (κ3) is 5.89. The molecule has 0 aliphatic heterocycles. The summed E-state index contributed by atoms with van der Waals surface area (Å²) in [5.41, 5.74) is 2.86. The lowest BCUT2D eigenvalue weighted by Crippen LogP contribution is -2.20. The van der Waals surface area contributed by atoms with Crippen LogP contribution in [0.5, 0.6) is 5.75 Å². The van der Waals surface area contributed by atoms with Crippen LogP contribution in [0.15, 0.2) is 47.6 Å². The topological polar surface area (TPSA) is 118 Å². The Labute approximate surface area is 208 Å². The molecular formula is C25H28N6O3S. The average molecular weight is 493 g/mol. The first-order valence-corrected chi connectivity index (χ1v) is 12.2. The molecule has 2 heterocycles. The zero-order valence-corrected chi connectivity index (χ0v) is 20.9. The van der Waals surface area contributed by atoms with E-state index in [1.165, 1.54) is 6.20 Å². The molecule has 2 aromatic heterocycles. The summed E-state index contributed by atoms with van der Waals surface area (Å²) in [6, 6.07) is 11.1. The molecule has 1 aliphatic rings. The molecule has 1 fully saturated rings. The number of ether oxygens (including phenoxy) is 1. The van der Waals surface area contributed by atoms with Crippen molar-refractivity contribution < 1.29 is 14.3 Å². The van der Waals surface area contributed by atoms with Crippen LogP contribution in [-0.2, 0) is 4.79 Å². The first-order valence-electron chi connectivity index (χ1n) is 11.4. The van der Waals surface area contributed by atoms with Gasteiger partial charge in [0.15, 0.2) is 5.75 Å². The average Bonchev–Trinajstić information content (AvgIpc) is 3.69. The van der Waals surface area contributed by atoms with E-state index in [-0.39, 0.29) is 17.7 Å². The number of aromatic nitrogens is 3. The van der Waals surface area contributed by atoms with Crippen molar-refractivity contribution in [2.75, 3.05) is 24.8 Å². The second-order valence-corrected chi connectivity index (χ2v) is 9.99. The Morgan fingerprint density at radius 2 is 1.91 bits per heavy atom. The number of hydrogen-bond donors (Lipinski definition) is 3. The Kier molecular flexibility index (Phi) is 7.50. The molecule has 3 aromatic rings. The normalized spacial score (nSPS) is 12.8. The summed E-state index contributed by atoms with van der Waals surface area (Å²) >= 11 is 1.64. The van der Waals surface area contributed by atoms with Crippen molar-refractivity contribution in [3.63, 3.8) is 0 Å². The molecule has 0 spiro atoms. The molecule has 4 rings (SSSR count). The highest BCUT2D eigenvalue weighted by Gasteiger charge is 2.30. The standard InChI is InChI=1S/C25H28N6O3S/c1-14(2)35-22-11-10-18(30-31-22)16-6-5-7-19(23(16)34-4)28-20-12-21(29-24(32)15-8-9-15)27-13-17(20)25(33)26-3/h5-7,10-15H,8-9H2,1-4H3,(H,26,33)(H2,27,28,29,32). The number of methoxy groups -OCH3 is 1. The van der Waals surface area contributed by atoms with Crippen LogP contribution >= 0.6 is 11.8 Å². The fourth-order valence-electron chi connectivity index (χ4n) is 3.49. The van der Waals surface area contributed by atoms with E-state index in [0.717, 1.165) is 23.4 Å². The predicted molar refractivity (Wildman–Crippen MR) is 137 cm³/mol. The van der Waals surface area contributed by atoms with E-state index in [0.29, 0.717) is 39.4 Å². The van der Waals surface area contributed by atoms with Crippen molar-refractivity contribution in [2.24, 2.45) is 5.92 Å². The lowest BCUT2D eigenvalue weighted by Gasteiger charge is -2.17. The number of nitrogens with one attached hydrogen (secondary N) is 3. The van der Waals surface area contributed by atoms with Gasteiger partial charge >= 0.3 is 0 Å². The van der Waals surface area contributed by atoms with E-state index in [9.17, 15) is 9.59 Å². The van der Waals surface area contributed by atoms with Crippen LogP contribution < -0.4 is 20.7 Å². The van der Waals surface area contributed by atoms with Crippen LogP contribution in [0.3, 0.4) is 0 Å². The summed E-state index contributed by atoms with van der Waals surface area (Å²) in [7, 11) is 3.13. The van der Waals surface area contributed by atoms with E-state index < -0.39 is 0 Å². The number of carbonyl (C=O) groups excluding carboxylic acids is 2. The number of anilines is 3. The number of nitrogens with zero attached hydrogens (tertiary/aromatic N) is 3. The van der Waals surface area contributed by atoms with E-state index >= 15 is 0 Å². The Bertz CT molecular complexity index is 1230. The number of hydrogen-bond acceptors (Lipinski definition) is 8. The number of thioether (sulfide) groups is 1. The minimum Gasteiger partial charge on any atom is -0.494 e. The van der Waals surface area contributed by atoms with Crippen molar-refractivity contribution in [3.8, 4) is 17.0 Å². The van der Waals surface area contributed by atoms with E-state index in [1.54, 1.807) is 32.0 Å². The molecule has 10 heteroatoms. The highest BCUT2D eigenvalue weighted by molar-refractivity contribution is 7.99. The molecular weight excluding hydrogens is 464 g/mol. The van der Waals surface area contributed by atoms with Gasteiger partial charge in [0.05, 0.1) is 29.7 Å². The lowest BCUT2D eigenvalue weighted by molar-refractivity contribution is -0.117. The van der Waals surface area contributed by atoms with Gasteiger partial charge in [0, 0.05) is 36.0 Å². The van der Waals surface area contributed by atoms with Gasteiger partial charge in [0.1, 0.15) is 10.8 Å². The Balaban J connectivity index is 1.67. The third-order valence-corrected chi connectivity index (χ3v) is 6.27. The van der Waals surface area contributed by atoms with E-state index in [2.05, 4.69) is 45.0 Å². The molecule has 9 nitrogen and oxygen atoms in total. The highest BCUT2D eigenvalue weighted by Crippen LogP contribution is 2.38. The lowest BCUT2D eigenvalue weighted by atomic mass is 10.1. The number of pyridine rings is 1. The zero-order chi connectivity index (χ0) is 24.9. The van der Waals surface area contributed by atoms with Gasteiger partial charge in [-0.15, -0.1) is 22.0 Å². The molecule has 0 atom stereocenters. The van der Waals surface area contributed by atoms with Crippen LogP contribution in [0.2, 0.25) is 0 Å². The van der Waals surface area contributed by atoms with Crippen molar-refractivity contribution in [1.29, 1.82) is 0 Å². The molecule has 1 aromatic carbocycles. The van der Waals surface area contributed by atoms with Gasteiger partial charge in [0.2, 0.25) is 5.91 Å². The summed E-state index contributed by atoms with van der Waals surface area (Å²) in [6.45, 7) is 4.21. The Hall–Kier alpha value is -3.66. The highest BCUT2D eigenvalue weighted by atomic mass is 32.2. The van der Waals surface area contributed by atoms with Gasteiger partial charge in [-0.2, -0.15) is 0 Å². The van der Waals surface area contributed by atoms with Gasteiger partial charge in [0.25, 0.3) is 5.91 Å². The molecule has 0 bridgehead atoms. The van der Waals surface area contributed by atoms with Gasteiger partial charge in [-0.05, 0) is 37.1 Å². The SMILES string of the molecule is CNC(=O)c1cnc(NC(=O)C2CC2)cc1Nc1cccc(-c2ccc(SC(C)C)nn2)c1OC. The van der Waals surface area contributed by atoms with Gasteiger partial charge in [-0.3, -0.25) is 9.59 Å². The number of benzene rings is 1. The monoisotopic (exact) mass is 492 g/mol. The third-order valence-electron chi connectivity index (χ3n) is 5.34. The summed E-state index contributed by atoms with van der Waals surface area (Å²) in [6.07, 6.45) is 3.21. The maximum atomic E-state index is 12.5. The van der Waals surface area contributed by atoms with Crippen molar-refractivity contribution in [1.82, 2.24) is 20.5 Å². The number of amides is 2. The van der Waals surface area contributed by atoms with Gasteiger partial charge < -0.3 is 20.7 Å². The van der Waals surface area contributed by atoms with Crippen LogP contribution in [-0.4, -0.2) is 46.4 Å². The summed E-state index contributed by atoms with van der Waals surface area (Å²) in [4.78, 5) is 29.0. The smallest absolute Gasteiger partial charge is 0.254 e. The molecule has 0 saturated heterocycles. The number of carbonyl (C=O) groups is 2. The fraction of sp³-hybridized carbons (Fsp3) is 0.320. The molecule has 1 saturated carbocycles. The first kappa shape index (κ1) is 24.5. The second kappa shape index (κ2) is 10.7. The Morgan fingerprint density at radius 1 is 1.11 bits per heavy atom. The van der Waals surface area contributed by atoms with Crippen molar-refractivity contribution in [2.45, 2.75) is 37.0 Å². The molecule has 2 amide bonds. The Morgan fingerprint density at radius 3 is 2.54 bits per heavy atom. The van der Waals surface area contributed by atoms with E-state index in [1.807, 2.05) is 30.3 Å². The van der Waals surface area contributed by atoms with Crippen LogP contribution in [0, 0.1) is 5.92 Å². The second-order valence-electron chi connectivity index (χ2n) is 8.39. The van der Waals surface area contributed by atoms with Crippen molar-refractivity contribution in [3.05, 3.63) is 48.2 Å². The van der Waals surface area contributed by atoms with Gasteiger partial charge in [-0.25, -0.2) is 4.98 Å². The number of rotatable bonds is 9. The van der Waals surface area contributed by atoms with Gasteiger partial charge in [-0.1, -0.05) is 19.9 Å². The number of para-hydroxylation sites is 1. The molecule has 0 radical (unpaired) electrons.